The van der Waals surface area contributed by atoms with Gasteiger partial charge >= 0.3 is 0 Å². The minimum Gasteiger partial charge on any atom is -0.383 e. The molecule has 5 nitrogen and oxygen atoms in total. The predicted molar refractivity (Wildman–Crippen MR) is 127 cm³/mol. The van der Waals surface area contributed by atoms with Gasteiger partial charge in [0.25, 0.3) is 0 Å². The summed E-state index contributed by atoms with van der Waals surface area (Å²) in [4.78, 5) is 9.58. The molecule has 3 heterocycles. The average molecular weight is 420 g/mol. The molecule has 0 unspecified atom stereocenters. The quantitative estimate of drug-likeness (QED) is 0.385. The molecule has 2 N–H and O–H groups in total. The molecule has 6 aromatic rings. The Balaban J connectivity index is 1.64. The molecule has 3 aromatic carbocycles. The number of para-hydroxylation sites is 2. The number of aromatic nitrogens is 4. The zero-order valence-electron chi connectivity index (χ0n) is 16.4. The van der Waals surface area contributed by atoms with Crippen LogP contribution in [0.25, 0.3) is 48.8 Å². The lowest BCUT2D eigenvalue weighted by Gasteiger charge is -2.05. The maximum absolute atomic E-state index is 6.45. The van der Waals surface area contributed by atoms with Gasteiger partial charge in [0.15, 0.2) is 5.65 Å². The largest absolute Gasteiger partial charge is 0.383 e. The van der Waals surface area contributed by atoms with E-state index in [1.165, 1.54) is 0 Å². The Morgan fingerprint density at radius 3 is 2.26 bits per heavy atom. The highest BCUT2D eigenvalue weighted by atomic mass is 32.1. The van der Waals surface area contributed by atoms with Gasteiger partial charge in [-0.1, -0.05) is 60.7 Å². The molecule has 0 aliphatic heterocycles. The topological polar surface area (TPSA) is 69.6 Å². The number of rotatable bonds is 3. The van der Waals surface area contributed by atoms with E-state index >= 15 is 0 Å². The second-order valence-electron chi connectivity index (χ2n) is 7.24. The summed E-state index contributed by atoms with van der Waals surface area (Å²) in [6, 6.07) is 30.3. The van der Waals surface area contributed by atoms with Crippen LogP contribution < -0.4 is 5.73 Å². The molecule has 0 atom stereocenters. The summed E-state index contributed by atoms with van der Waals surface area (Å²) in [5, 5.41) is 6.73. The van der Waals surface area contributed by atoms with E-state index < -0.39 is 0 Å². The fourth-order valence-corrected chi connectivity index (χ4v) is 4.76. The minimum atomic E-state index is 0.447. The molecule has 0 spiro atoms. The highest BCUT2D eigenvalue weighted by Crippen LogP contribution is 2.37. The summed E-state index contributed by atoms with van der Waals surface area (Å²) in [6.45, 7) is 0. The summed E-state index contributed by atoms with van der Waals surface area (Å²) < 4.78 is 2.98. The van der Waals surface area contributed by atoms with Gasteiger partial charge in [0, 0.05) is 10.9 Å². The van der Waals surface area contributed by atoms with E-state index in [1.807, 2.05) is 71.4 Å². The van der Waals surface area contributed by atoms with Gasteiger partial charge in [0.2, 0.25) is 0 Å². The highest BCUT2D eigenvalue weighted by Gasteiger charge is 2.19. The van der Waals surface area contributed by atoms with Crippen molar-refractivity contribution in [3.05, 3.63) is 91.0 Å². The molecule has 6 heteroatoms. The summed E-state index contributed by atoms with van der Waals surface area (Å²) in [5.74, 6) is 0.447. The molecule has 0 bridgehead atoms. The second kappa shape index (κ2) is 7.04. The first-order valence-corrected chi connectivity index (χ1v) is 10.8. The third-order valence-corrected chi connectivity index (χ3v) is 6.33. The van der Waals surface area contributed by atoms with Crippen LogP contribution in [0.15, 0.2) is 91.0 Å². The van der Waals surface area contributed by atoms with Crippen molar-refractivity contribution in [1.29, 1.82) is 0 Å². The summed E-state index contributed by atoms with van der Waals surface area (Å²) in [6.07, 6.45) is 0. The highest BCUT2D eigenvalue weighted by molar-refractivity contribution is 7.21. The van der Waals surface area contributed by atoms with E-state index in [0.29, 0.717) is 5.82 Å². The van der Waals surface area contributed by atoms with Crippen molar-refractivity contribution in [3.63, 3.8) is 0 Å². The van der Waals surface area contributed by atoms with Gasteiger partial charge < -0.3 is 5.73 Å². The zero-order chi connectivity index (χ0) is 20.8. The SMILES string of the molecule is Nc1nc2c(cc1-c1nc3ccccc3s1)c(-c1ccccc1)nn2-c1ccccc1. The van der Waals surface area contributed by atoms with Crippen LogP contribution in [0.4, 0.5) is 5.82 Å². The number of fused-ring (bicyclic) bond motifs is 2. The molecule has 0 saturated carbocycles. The normalized spacial score (nSPS) is 11.4. The fourth-order valence-electron chi connectivity index (χ4n) is 3.77. The van der Waals surface area contributed by atoms with Crippen molar-refractivity contribution in [2.75, 3.05) is 5.73 Å². The van der Waals surface area contributed by atoms with Crippen LogP contribution >= 0.6 is 11.3 Å². The Morgan fingerprint density at radius 2 is 1.48 bits per heavy atom. The number of hydrogen-bond donors (Lipinski definition) is 1. The number of hydrogen-bond acceptors (Lipinski definition) is 5. The Morgan fingerprint density at radius 1 is 0.774 bits per heavy atom. The third-order valence-electron chi connectivity index (χ3n) is 5.26. The predicted octanol–water partition coefficient (Wildman–Crippen LogP) is 5.95. The van der Waals surface area contributed by atoms with Gasteiger partial charge in [-0.15, -0.1) is 11.3 Å². The molecule has 0 aliphatic carbocycles. The molecule has 0 aliphatic rings. The van der Waals surface area contributed by atoms with Gasteiger partial charge in [-0.2, -0.15) is 5.10 Å². The average Bonchev–Trinajstić information content (AvgIpc) is 3.41. The van der Waals surface area contributed by atoms with Crippen LogP contribution in [0, 0.1) is 0 Å². The second-order valence-corrected chi connectivity index (χ2v) is 8.27. The number of pyridine rings is 1. The van der Waals surface area contributed by atoms with E-state index in [2.05, 4.69) is 24.3 Å². The van der Waals surface area contributed by atoms with Crippen molar-refractivity contribution in [2.45, 2.75) is 0 Å². The molecule has 6 rings (SSSR count). The number of nitrogen functional groups attached to an aromatic ring is 1. The first-order chi connectivity index (χ1) is 15.3. The molecular weight excluding hydrogens is 402 g/mol. The first-order valence-electron chi connectivity index (χ1n) is 9.94. The Labute approximate surface area is 182 Å². The zero-order valence-corrected chi connectivity index (χ0v) is 17.3. The van der Waals surface area contributed by atoms with Crippen LogP contribution in [0.5, 0.6) is 0 Å². The summed E-state index contributed by atoms with van der Waals surface area (Å²) >= 11 is 1.62. The molecule has 3 aromatic heterocycles. The van der Waals surface area contributed by atoms with E-state index in [4.69, 9.17) is 20.8 Å². The van der Waals surface area contributed by atoms with Crippen LogP contribution in [-0.4, -0.2) is 19.7 Å². The van der Waals surface area contributed by atoms with Crippen molar-refractivity contribution in [1.82, 2.24) is 19.7 Å². The van der Waals surface area contributed by atoms with Crippen LogP contribution in [0.1, 0.15) is 0 Å². The lowest BCUT2D eigenvalue weighted by Crippen LogP contribution is -2.00. The summed E-state index contributed by atoms with van der Waals surface area (Å²) in [7, 11) is 0. The molecule has 0 fully saturated rings. The number of benzene rings is 3. The Hall–Kier alpha value is -4.03. The Bertz CT molecular complexity index is 1500. The maximum atomic E-state index is 6.45. The van der Waals surface area contributed by atoms with E-state index in [1.54, 1.807) is 11.3 Å². The standard InChI is InChI=1S/C25H17N5S/c26-23-19(25-27-20-13-7-8-14-21(20)31-25)15-18-22(16-9-3-1-4-10-16)29-30(24(18)28-23)17-11-5-2-6-12-17/h1-15H,(H2,26,28). The Kier molecular flexibility index (Phi) is 4.04. The van der Waals surface area contributed by atoms with Gasteiger partial charge in [0.1, 0.15) is 16.5 Å². The lowest BCUT2D eigenvalue weighted by molar-refractivity contribution is 0.902. The van der Waals surface area contributed by atoms with Gasteiger partial charge in [0.05, 0.1) is 21.5 Å². The van der Waals surface area contributed by atoms with E-state index in [0.717, 1.165) is 48.8 Å². The van der Waals surface area contributed by atoms with Crippen LogP contribution in [0.2, 0.25) is 0 Å². The van der Waals surface area contributed by atoms with Crippen molar-refractivity contribution < 1.29 is 0 Å². The third kappa shape index (κ3) is 2.96. The van der Waals surface area contributed by atoms with Crippen molar-refractivity contribution in [2.24, 2.45) is 0 Å². The first kappa shape index (κ1) is 17.8. The molecule has 148 valence electrons. The van der Waals surface area contributed by atoms with E-state index in [9.17, 15) is 0 Å². The van der Waals surface area contributed by atoms with Crippen molar-refractivity contribution >= 4 is 38.4 Å². The van der Waals surface area contributed by atoms with Crippen molar-refractivity contribution in [3.8, 4) is 27.5 Å². The lowest BCUT2D eigenvalue weighted by atomic mass is 10.1. The molecule has 0 amide bonds. The number of thiazole rings is 1. The maximum Gasteiger partial charge on any atom is 0.165 e. The minimum absolute atomic E-state index is 0.447. The molecule has 0 saturated heterocycles. The fraction of sp³-hybridized carbons (Fsp3) is 0. The van der Waals surface area contributed by atoms with Gasteiger partial charge in [-0.05, 0) is 30.3 Å². The molecule has 0 radical (unpaired) electrons. The molecule has 31 heavy (non-hydrogen) atoms. The van der Waals surface area contributed by atoms with E-state index in [-0.39, 0.29) is 0 Å². The number of nitrogens with zero attached hydrogens (tertiary/aromatic N) is 4. The number of anilines is 1. The molecular formula is C25H17N5S. The van der Waals surface area contributed by atoms with Gasteiger partial charge in [-0.3, -0.25) is 0 Å². The van der Waals surface area contributed by atoms with Crippen LogP contribution in [-0.2, 0) is 0 Å². The van der Waals surface area contributed by atoms with Crippen LogP contribution in [0.3, 0.4) is 0 Å². The monoisotopic (exact) mass is 419 g/mol. The summed E-state index contributed by atoms with van der Waals surface area (Å²) in [5.41, 5.74) is 11.8. The number of nitrogens with two attached hydrogens (primary N) is 1. The smallest absolute Gasteiger partial charge is 0.165 e. The van der Waals surface area contributed by atoms with Gasteiger partial charge in [-0.25, -0.2) is 14.6 Å².